The lowest BCUT2D eigenvalue weighted by Gasteiger charge is -2.61. The van der Waals surface area contributed by atoms with Gasteiger partial charge in [-0.1, -0.05) is 20.4 Å². The first kappa shape index (κ1) is 44.1. The van der Waals surface area contributed by atoms with Crippen molar-refractivity contribution in [1.29, 1.82) is 0 Å². The lowest BCUT2D eigenvalue weighted by atomic mass is 9.44. The van der Waals surface area contributed by atoms with E-state index in [2.05, 4.69) is 20.4 Å². The number of hydrogen-bond donors (Lipinski definition) is 11. The van der Waals surface area contributed by atoms with Gasteiger partial charge >= 0.3 is 5.97 Å². The van der Waals surface area contributed by atoms with Gasteiger partial charge in [0.15, 0.2) is 18.9 Å². The summed E-state index contributed by atoms with van der Waals surface area (Å²) >= 11 is 0. The van der Waals surface area contributed by atoms with Crippen molar-refractivity contribution < 1.29 is 94.1 Å². The van der Waals surface area contributed by atoms with E-state index < -0.39 is 124 Å². The molecule has 0 radical (unpaired) electrons. The number of aliphatic hydroxyl groups excluding tert-OH is 11. The van der Waals surface area contributed by atoms with Gasteiger partial charge in [0, 0.05) is 11.5 Å². The highest BCUT2D eigenvalue weighted by atomic mass is 16.8. The van der Waals surface area contributed by atoms with E-state index in [1.807, 2.05) is 0 Å². The van der Waals surface area contributed by atoms with Crippen molar-refractivity contribution in [3.63, 3.8) is 0 Å². The fourth-order valence-corrected chi connectivity index (χ4v) is 12.8. The van der Waals surface area contributed by atoms with Gasteiger partial charge < -0.3 is 89.3 Å². The third-order valence-electron chi connectivity index (χ3n) is 15.9. The van der Waals surface area contributed by atoms with Crippen LogP contribution in [0.25, 0.3) is 0 Å². The van der Waals surface area contributed by atoms with Gasteiger partial charge in [-0.15, -0.1) is 0 Å². The smallest absolute Gasteiger partial charge is 0.334 e. The largest absolute Gasteiger partial charge is 0.458 e. The molecule has 19 heteroatoms. The highest BCUT2D eigenvalue weighted by Gasteiger charge is 2.66. The molecule has 0 unspecified atom stereocenters. The predicted octanol–water partition coefficient (Wildman–Crippen LogP) is -3.46. The SMILES string of the molecule is C=C1C(=O)O[C@H]2C[C@H]3[C@@H]4CC[C@H]5C[C@@H](O[C@@H]6O[C@H](CO)[C@H](O[C@@H]7O[C@H](CO)[C@@H](O)[C@H](O)[C@H]7O[C@@H]7O[C@H](CO)[C@@H](O)[C@H](O)[C@H]7O)[C@H](O)[C@H]6O)[C@H](O)C[C@]5(C)[C@H]4CC[C@]3(C)[C@@H]12. The van der Waals surface area contributed by atoms with E-state index in [1.165, 1.54) is 0 Å². The lowest BCUT2D eigenvalue weighted by Crippen LogP contribution is -2.67. The molecule has 0 aromatic rings. The number of rotatable bonds is 9. The molecule has 8 aliphatic rings. The molecule has 4 saturated heterocycles. The molecule has 336 valence electrons. The molecule has 0 bridgehead atoms. The van der Waals surface area contributed by atoms with E-state index in [9.17, 15) is 61.0 Å². The Hall–Kier alpha value is -1.47. The number of aliphatic hydroxyl groups is 11. The van der Waals surface area contributed by atoms with Crippen LogP contribution in [0, 0.1) is 40.4 Å². The molecule has 11 N–H and O–H groups in total. The van der Waals surface area contributed by atoms with E-state index in [1.54, 1.807) is 0 Å². The Morgan fingerprint density at radius 3 is 1.90 bits per heavy atom. The van der Waals surface area contributed by atoms with Crippen LogP contribution < -0.4 is 0 Å². The summed E-state index contributed by atoms with van der Waals surface area (Å²) < 4.78 is 40.7. The molecule has 59 heavy (non-hydrogen) atoms. The molecule has 0 spiro atoms. The normalized spacial score (nSPS) is 56.1. The van der Waals surface area contributed by atoms with Crippen LogP contribution in [-0.4, -0.2) is 192 Å². The summed E-state index contributed by atoms with van der Waals surface area (Å²) in [6.07, 6.45) is -21.9. The molecule has 19 nitrogen and oxygen atoms in total. The average Bonchev–Trinajstić information content (AvgIpc) is 3.67. The van der Waals surface area contributed by atoms with Gasteiger partial charge in [0.2, 0.25) is 0 Å². The molecular weight excluding hydrogens is 784 g/mol. The van der Waals surface area contributed by atoms with E-state index in [0.29, 0.717) is 36.2 Å². The van der Waals surface area contributed by atoms with Crippen molar-refractivity contribution in [2.45, 2.75) is 169 Å². The van der Waals surface area contributed by atoms with Crippen LogP contribution >= 0.6 is 0 Å². The maximum atomic E-state index is 12.4. The van der Waals surface area contributed by atoms with Gasteiger partial charge in [-0.3, -0.25) is 0 Å². The summed E-state index contributed by atoms with van der Waals surface area (Å²) in [5.74, 6) is 1.05. The zero-order chi connectivity index (χ0) is 42.5. The van der Waals surface area contributed by atoms with Crippen LogP contribution in [0.4, 0.5) is 0 Å². The zero-order valence-corrected chi connectivity index (χ0v) is 33.2. The standard InChI is InChI=1S/C40H62O19/c1-14-25-21(53-35(14)52)9-18-16-5-4-15-8-20(19(44)10-40(15,3)17(16)6-7-39(18,25)2)54-36-32(51)30(49)33(24(13-43)57-36)58-38-34(29(48)27(46)23(12-42)56-38)59-37-31(50)28(47)26(45)22(11-41)55-37/h15-34,36-38,41-51H,1,4-13H2,2-3H3/t15-,16+,17-,18-,19+,20+,21-,22+,23+,24+,25-,26+,27+,28-,29-,30+,31+,32+,33-,34+,36+,37-,38-,39-,40-/m0/s1. The molecule has 4 aliphatic heterocycles. The zero-order valence-electron chi connectivity index (χ0n) is 33.2. The summed E-state index contributed by atoms with van der Waals surface area (Å²) in [4.78, 5) is 12.4. The van der Waals surface area contributed by atoms with Crippen molar-refractivity contribution in [1.82, 2.24) is 0 Å². The van der Waals surface area contributed by atoms with Gasteiger partial charge in [0.25, 0.3) is 0 Å². The number of fused-ring (bicyclic) bond motifs is 7. The molecule has 8 fully saturated rings. The molecule has 0 aromatic carbocycles. The number of carbonyl (C=O) groups is 1. The first-order valence-corrected chi connectivity index (χ1v) is 21.1. The molecule has 8 rings (SSSR count). The minimum atomic E-state index is -1.92. The summed E-state index contributed by atoms with van der Waals surface area (Å²) in [6.45, 7) is 6.27. The highest BCUT2D eigenvalue weighted by Crippen LogP contribution is 2.69. The maximum Gasteiger partial charge on any atom is 0.334 e. The van der Waals surface area contributed by atoms with Gasteiger partial charge in [0.1, 0.15) is 79.4 Å². The number of ether oxygens (including phenoxy) is 7. The van der Waals surface area contributed by atoms with E-state index in [-0.39, 0.29) is 34.7 Å². The molecule has 25 atom stereocenters. The average molecular weight is 847 g/mol. The highest BCUT2D eigenvalue weighted by molar-refractivity contribution is 5.91. The lowest BCUT2D eigenvalue weighted by molar-refractivity contribution is -0.391. The van der Waals surface area contributed by atoms with Crippen molar-refractivity contribution in [2.75, 3.05) is 19.8 Å². The topological polar surface area (TPSA) is 304 Å². The van der Waals surface area contributed by atoms with Crippen LogP contribution in [0.1, 0.15) is 58.8 Å². The molecule has 4 aliphatic carbocycles. The minimum absolute atomic E-state index is 0.0321. The Morgan fingerprint density at radius 2 is 1.22 bits per heavy atom. The summed E-state index contributed by atoms with van der Waals surface area (Å²) in [5, 5.41) is 117. The second-order valence-electron chi connectivity index (χ2n) is 18.9. The Kier molecular flexibility index (Phi) is 12.4. The second-order valence-corrected chi connectivity index (χ2v) is 18.9. The van der Waals surface area contributed by atoms with Crippen LogP contribution in [0.5, 0.6) is 0 Å². The minimum Gasteiger partial charge on any atom is -0.458 e. The van der Waals surface area contributed by atoms with E-state index in [4.69, 9.17) is 33.2 Å². The van der Waals surface area contributed by atoms with E-state index in [0.717, 1.165) is 32.1 Å². The quantitative estimate of drug-likeness (QED) is 0.0611. The fourth-order valence-electron chi connectivity index (χ4n) is 12.8. The third kappa shape index (κ3) is 7.23. The van der Waals surface area contributed by atoms with Crippen molar-refractivity contribution in [3.8, 4) is 0 Å². The molecule has 0 aromatic heterocycles. The first-order chi connectivity index (χ1) is 28.0. The number of esters is 1. The summed E-state index contributed by atoms with van der Waals surface area (Å²) in [6, 6.07) is 0. The molecule has 0 amide bonds. The number of carbonyl (C=O) groups excluding carboxylic acids is 1. The Balaban J connectivity index is 0.932. The second kappa shape index (κ2) is 16.6. The van der Waals surface area contributed by atoms with Gasteiger partial charge in [0.05, 0.1) is 32.0 Å². The van der Waals surface area contributed by atoms with Gasteiger partial charge in [-0.05, 0) is 79.4 Å². The van der Waals surface area contributed by atoms with Crippen LogP contribution in [0.3, 0.4) is 0 Å². The predicted molar refractivity (Wildman–Crippen MR) is 195 cm³/mol. The molecule has 4 saturated carbocycles. The van der Waals surface area contributed by atoms with Crippen LogP contribution in [0.15, 0.2) is 12.2 Å². The third-order valence-corrected chi connectivity index (χ3v) is 15.9. The van der Waals surface area contributed by atoms with Crippen molar-refractivity contribution >= 4 is 5.97 Å². The van der Waals surface area contributed by atoms with Crippen LogP contribution in [0.2, 0.25) is 0 Å². The fraction of sp³-hybridized carbons (Fsp3) is 0.925. The number of hydrogen-bond acceptors (Lipinski definition) is 19. The first-order valence-electron chi connectivity index (χ1n) is 21.1. The monoisotopic (exact) mass is 846 g/mol. The Labute approximate surface area is 341 Å². The summed E-state index contributed by atoms with van der Waals surface area (Å²) in [5.41, 5.74) is 0.317. The summed E-state index contributed by atoms with van der Waals surface area (Å²) in [7, 11) is 0. The maximum absolute atomic E-state index is 12.4. The van der Waals surface area contributed by atoms with Crippen molar-refractivity contribution in [2.24, 2.45) is 40.4 Å². The Morgan fingerprint density at radius 1 is 0.644 bits per heavy atom. The molecular formula is C40H62O19. The van der Waals surface area contributed by atoms with Gasteiger partial charge in [-0.25, -0.2) is 4.79 Å². The Bertz CT molecular complexity index is 1530. The van der Waals surface area contributed by atoms with E-state index >= 15 is 0 Å². The van der Waals surface area contributed by atoms with Crippen molar-refractivity contribution in [3.05, 3.63) is 12.2 Å². The van der Waals surface area contributed by atoms with Gasteiger partial charge in [-0.2, -0.15) is 0 Å². The molecule has 4 heterocycles. The van der Waals surface area contributed by atoms with Crippen LogP contribution in [-0.2, 0) is 38.0 Å².